The molecule has 0 saturated carbocycles. The van der Waals surface area contributed by atoms with Gasteiger partial charge in [-0.25, -0.2) is 4.39 Å². The number of hydrogen-bond acceptors (Lipinski definition) is 1. The molecule has 0 spiro atoms. The van der Waals surface area contributed by atoms with Crippen molar-refractivity contribution in [1.29, 1.82) is 0 Å². The van der Waals surface area contributed by atoms with E-state index in [0.717, 1.165) is 3.57 Å². The zero-order valence-electron chi connectivity index (χ0n) is 9.08. The van der Waals surface area contributed by atoms with Gasteiger partial charge in [0.15, 0.2) is 0 Å². The number of rotatable bonds is 2. The third-order valence-electron chi connectivity index (χ3n) is 2.29. The van der Waals surface area contributed by atoms with Gasteiger partial charge in [0.05, 0.1) is 5.69 Å². The van der Waals surface area contributed by atoms with Gasteiger partial charge in [0, 0.05) is 13.6 Å². The third kappa shape index (κ3) is 3.08. The van der Waals surface area contributed by atoms with Crippen LogP contribution in [0.5, 0.6) is 0 Å². The molecule has 0 heterocycles. The van der Waals surface area contributed by atoms with Gasteiger partial charge in [-0.1, -0.05) is 12.1 Å². The van der Waals surface area contributed by atoms with Crippen molar-refractivity contribution < 1.29 is 9.18 Å². The van der Waals surface area contributed by atoms with Gasteiger partial charge in [-0.05, 0) is 68.9 Å². The molecule has 2 rings (SSSR count). The molecule has 0 unspecified atom stereocenters. The molecule has 92 valence electrons. The highest BCUT2D eigenvalue weighted by atomic mass is 127. The average Bonchev–Trinajstić information content (AvgIpc) is 2.34. The molecule has 18 heavy (non-hydrogen) atoms. The topological polar surface area (TPSA) is 29.1 Å². The van der Waals surface area contributed by atoms with E-state index < -0.39 is 5.82 Å². The Balaban J connectivity index is 2.27. The lowest BCUT2D eigenvalue weighted by molar-refractivity contribution is 0.102. The van der Waals surface area contributed by atoms with E-state index in [9.17, 15) is 9.18 Å². The summed E-state index contributed by atoms with van der Waals surface area (Å²) in [5.41, 5.74) is 0.651. The summed E-state index contributed by atoms with van der Waals surface area (Å²) >= 11 is 5.33. The number of anilines is 1. The number of benzene rings is 2. The van der Waals surface area contributed by atoms with Crippen molar-refractivity contribution in [2.45, 2.75) is 0 Å². The first kappa shape index (κ1) is 13.5. The molecule has 0 fully saturated rings. The molecule has 0 aliphatic heterocycles. The number of carbonyl (C=O) groups excluding carboxylic acids is 1. The summed E-state index contributed by atoms with van der Waals surface area (Å²) in [7, 11) is 0. The van der Waals surface area contributed by atoms with Crippen molar-refractivity contribution in [3.63, 3.8) is 0 Å². The normalized spacial score (nSPS) is 10.2. The smallest absolute Gasteiger partial charge is 0.255 e. The maximum Gasteiger partial charge on any atom is 0.255 e. The third-order valence-corrected chi connectivity index (χ3v) is 3.62. The standard InChI is InChI=1S/C13H8BrFINO/c14-10-5-2-6-11(15)12(10)17-13(18)8-3-1-4-9(16)7-8/h1-7H,(H,17,18). The van der Waals surface area contributed by atoms with Crippen LogP contribution in [0.4, 0.5) is 10.1 Å². The molecule has 2 nitrogen and oxygen atoms in total. The maximum absolute atomic E-state index is 13.6. The van der Waals surface area contributed by atoms with Crippen LogP contribution in [-0.4, -0.2) is 5.91 Å². The Hall–Kier alpha value is -0.950. The molecule has 0 aliphatic carbocycles. The van der Waals surface area contributed by atoms with Crippen LogP contribution in [0.3, 0.4) is 0 Å². The second-order valence-corrected chi connectivity index (χ2v) is 5.66. The lowest BCUT2D eigenvalue weighted by Crippen LogP contribution is -2.13. The second-order valence-electron chi connectivity index (χ2n) is 3.56. The Morgan fingerprint density at radius 2 is 1.94 bits per heavy atom. The molecule has 0 saturated heterocycles. The van der Waals surface area contributed by atoms with E-state index in [2.05, 4.69) is 43.8 Å². The number of carbonyl (C=O) groups is 1. The predicted molar refractivity (Wildman–Crippen MR) is 81.2 cm³/mol. The monoisotopic (exact) mass is 419 g/mol. The van der Waals surface area contributed by atoms with Gasteiger partial charge in [0.25, 0.3) is 5.91 Å². The summed E-state index contributed by atoms with van der Waals surface area (Å²) < 4.78 is 15.0. The minimum Gasteiger partial charge on any atom is -0.319 e. The largest absolute Gasteiger partial charge is 0.319 e. The van der Waals surface area contributed by atoms with E-state index in [1.54, 1.807) is 30.3 Å². The highest BCUT2D eigenvalue weighted by Gasteiger charge is 2.12. The summed E-state index contributed by atoms with van der Waals surface area (Å²) in [6.45, 7) is 0. The summed E-state index contributed by atoms with van der Waals surface area (Å²) in [6.07, 6.45) is 0. The van der Waals surface area contributed by atoms with Crippen molar-refractivity contribution >= 4 is 50.1 Å². The van der Waals surface area contributed by atoms with E-state index >= 15 is 0 Å². The van der Waals surface area contributed by atoms with Crippen LogP contribution in [0.1, 0.15) is 10.4 Å². The minimum absolute atomic E-state index is 0.154. The van der Waals surface area contributed by atoms with Crippen LogP contribution in [0.25, 0.3) is 0 Å². The fourth-order valence-corrected chi connectivity index (χ4v) is 2.42. The average molecular weight is 420 g/mol. The molecule has 0 atom stereocenters. The van der Waals surface area contributed by atoms with Crippen LogP contribution in [0.15, 0.2) is 46.9 Å². The Morgan fingerprint density at radius 3 is 2.61 bits per heavy atom. The number of nitrogens with one attached hydrogen (secondary N) is 1. The highest BCUT2D eigenvalue weighted by Crippen LogP contribution is 2.25. The number of amides is 1. The van der Waals surface area contributed by atoms with E-state index in [4.69, 9.17) is 0 Å². The lowest BCUT2D eigenvalue weighted by Gasteiger charge is -2.08. The lowest BCUT2D eigenvalue weighted by atomic mass is 10.2. The molecule has 0 aromatic heterocycles. The molecule has 0 radical (unpaired) electrons. The van der Waals surface area contributed by atoms with E-state index in [1.165, 1.54) is 6.07 Å². The van der Waals surface area contributed by atoms with E-state index in [-0.39, 0.29) is 11.6 Å². The van der Waals surface area contributed by atoms with Crippen molar-refractivity contribution in [1.82, 2.24) is 0 Å². The van der Waals surface area contributed by atoms with Gasteiger partial charge < -0.3 is 5.32 Å². The van der Waals surface area contributed by atoms with E-state index in [1.807, 2.05) is 6.07 Å². The summed E-state index contributed by atoms with van der Waals surface area (Å²) in [6, 6.07) is 11.6. The van der Waals surface area contributed by atoms with Gasteiger partial charge in [0.2, 0.25) is 0 Å². The number of halogens is 3. The minimum atomic E-state index is -0.469. The fraction of sp³-hybridized carbons (Fsp3) is 0. The molecule has 5 heteroatoms. The van der Waals surface area contributed by atoms with Crippen molar-refractivity contribution in [3.8, 4) is 0 Å². The van der Waals surface area contributed by atoms with Gasteiger partial charge >= 0.3 is 0 Å². The second kappa shape index (κ2) is 5.79. The molecule has 0 aliphatic rings. The molecule has 1 amide bonds. The van der Waals surface area contributed by atoms with Gasteiger partial charge in [-0.15, -0.1) is 0 Å². The summed E-state index contributed by atoms with van der Waals surface area (Å²) in [5, 5.41) is 2.56. The highest BCUT2D eigenvalue weighted by molar-refractivity contribution is 14.1. The quantitative estimate of drug-likeness (QED) is 0.716. The van der Waals surface area contributed by atoms with Crippen LogP contribution in [0.2, 0.25) is 0 Å². The molecular weight excluding hydrogens is 412 g/mol. The number of para-hydroxylation sites is 1. The molecule has 2 aromatic rings. The summed E-state index contributed by atoms with van der Waals surface area (Å²) in [5.74, 6) is -0.803. The molecular formula is C13H8BrFINO. The maximum atomic E-state index is 13.6. The van der Waals surface area contributed by atoms with Crippen LogP contribution < -0.4 is 5.32 Å². The first-order valence-electron chi connectivity index (χ1n) is 5.09. The van der Waals surface area contributed by atoms with Crippen LogP contribution in [0, 0.1) is 9.39 Å². The van der Waals surface area contributed by atoms with E-state index in [0.29, 0.717) is 10.0 Å². The molecule has 2 aromatic carbocycles. The van der Waals surface area contributed by atoms with Gasteiger partial charge in [-0.2, -0.15) is 0 Å². The molecule has 0 bridgehead atoms. The molecule has 1 N–H and O–H groups in total. The predicted octanol–water partition coefficient (Wildman–Crippen LogP) is 4.45. The Labute approximate surface area is 126 Å². The Kier molecular flexibility index (Phi) is 4.34. The Bertz CT molecular complexity index is 583. The first-order valence-corrected chi connectivity index (χ1v) is 6.96. The van der Waals surface area contributed by atoms with Crippen molar-refractivity contribution in [2.75, 3.05) is 5.32 Å². The SMILES string of the molecule is O=C(Nc1c(F)cccc1Br)c1cccc(I)c1. The van der Waals surface area contributed by atoms with Crippen LogP contribution >= 0.6 is 38.5 Å². The van der Waals surface area contributed by atoms with Crippen molar-refractivity contribution in [2.24, 2.45) is 0 Å². The fourth-order valence-electron chi connectivity index (χ4n) is 1.43. The zero-order chi connectivity index (χ0) is 13.1. The van der Waals surface area contributed by atoms with Gasteiger partial charge in [0.1, 0.15) is 5.82 Å². The van der Waals surface area contributed by atoms with Crippen LogP contribution in [-0.2, 0) is 0 Å². The first-order chi connectivity index (χ1) is 8.58. The zero-order valence-corrected chi connectivity index (χ0v) is 12.8. The summed E-state index contributed by atoms with van der Waals surface area (Å²) in [4.78, 5) is 12.0. The number of hydrogen-bond donors (Lipinski definition) is 1. The van der Waals surface area contributed by atoms with Gasteiger partial charge in [-0.3, -0.25) is 4.79 Å². The Morgan fingerprint density at radius 1 is 1.22 bits per heavy atom. The van der Waals surface area contributed by atoms with Crippen molar-refractivity contribution in [3.05, 3.63) is 61.9 Å².